The van der Waals surface area contributed by atoms with E-state index in [-0.39, 0.29) is 5.91 Å². The summed E-state index contributed by atoms with van der Waals surface area (Å²) in [4.78, 5) is 25.0. The second kappa shape index (κ2) is 6.57. The van der Waals surface area contributed by atoms with Gasteiger partial charge in [0.25, 0.3) is 5.91 Å². The lowest BCUT2D eigenvalue weighted by Crippen LogP contribution is -2.44. The number of amides is 1. The summed E-state index contributed by atoms with van der Waals surface area (Å²) in [6.07, 6.45) is 4.75. The average Bonchev–Trinajstić information content (AvgIpc) is 3.07. The number of anilines is 1. The van der Waals surface area contributed by atoms with Crippen molar-refractivity contribution >= 4 is 11.7 Å². The second-order valence-corrected chi connectivity index (χ2v) is 5.31. The van der Waals surface area contributed by atoms with Gasteiger partial charge in [-0.1, -0.05) is 0 Å². The molecule has 0 unspecified atom stereocenters. The van der Waals surface area contributed by atoms with Gasteiger partial charge in [-0.2, -0.15) is 0 Å². The Kier molecular flexibility index (Phi) is 4.34. The molecule has 2 aromatic rings. The second-order valence-electron chi connectivity index (χ2n) is 5.31. The number of carbonyl (C=O) groups is 1. The molecule has 3 rings (SSSR count). The van der Waals surface area contributed by atoms with Crippen molar-refractivity contribution in [1.29, 1.82) is 0 Å². The molecule has 0 spiro atoms. The van der Waals surface area contributed by atoms with E-state index in [9.17, 15) is 4.79 Å². The SMILES string of the molecule is CN1CCN(c2cnc(C(=O)NCc3ccco3)cn2)CC1. The Morgan fingerprint density at radius 1 is 1.27 bits per heavy atom. The molecule has 0 aromatic carbocycles. The molecule has 0 radical (unpaired) electrons. The number of rotatable bonds is 4. The fourth-order valence-electron chi connectivity index (χ4n) is 2.31. The molecular weight excluding hydrogens is 282 g/mol. The Morgan fingerprint density at radius 3 is 2.73 bits per heavy atom. The maximum atomic E-state index is 12.0. The van der Waals surface area contributed by atoms with Crippen molar-refractivity contribution in [2.24, 2.45) is 0 Å². The Morgan fingerprint density at radius 2 is 2.09 bits per heavy atom. The normalized spacial score (nSPS) is 15.8. The Hall–Kier alpha value is -2.41. The molecule has 0 saturated carbocycles. The first-order chi connectivity index (χ1) is 10.7. The Labute approximate surface area is 129 Å². The summed E-state index contributed by atoms with van der Waals surface area (Å²) in [7, 11) is 2.11. The molecule has 1 fully saturated rings. The van der Waals surface area contributed by atoms with Crippen LogP contribution in [-0.4, -0.2) is 54.0 Å². The third-order valence-corrected chi connectivity index (χ3v) is 3.70. The van der Waals surface area contributed by atoms with Crippen molar-refractivity contribution in [2.75, 3.05) is 38.1 Å². The lowest BCUT2D eigenvalue weighted by molar-refractivity contribution is 0.0942. The molecule has 3 heterocycles. The van der Waals surface area contributed by atoms with Gasteiger partial charge in [-0.3, -0.25) is 4.79 Å². The van der Waals surface area contributed by atoms with Crippen LogP contribution in [0.5, 0.6) is 0 Å². The molecule has 0 aliphatic carbocycles. The fourth-order valence-corrected chi connectivity index (χ4v) is 2.31. The largest absolute Gasteiger partial charge is 0.467 e. The molecule has 1 N–H and O–H groups in total. The minimum absolute atomic E-state index is 0.256. The smallest absolute Gasteiger partial charge is 0.271 e. The van der Waals surface area contributed by atoms with E-state index >= 15 is 0 Å². The number of furan rings is 1. The highest BCUT2D eigenvalue weighted by Gasteiger charge is 2.16. The van der Waals surface area contributed by atoms with E-state index in [1.165, 1.54) is 6.20 Å². The number of piperazine rings is 1. The van der Waals surface area contributed by atoms with Crippen LogP contribution in [0.3, 0.4) is 0 Å². The van der Waals surface area contributed by atoms with E-state index in [1.54, 1.807) is 18.5 Å². The third kappa shape index (κ3) is 3.43. The summed E-state index contributed by atoms with van der Waals surface area (Å²) in [6.45, 7) is 4.21. The van der Waals surface area contributed by atoms with Gasteiger partial charge in [0, 0.05) is 26.2 Å². The van der Waals surface area contributed by atoms with Crippen LogP contribution in [0.1, 0.15) is 16.2 Å². The quantitative estimate of drug-likeness (QED) is 0.898. The van der Waals surface area contributed by atoms with Crippen LogP contribution >= 0.6 is 0 Å². The minimum atomic E-state index is -0.256. The van der Waals surface area contributed by atoms with E-state index in [4.69, 9.17) is 4.42 Å². The van der Waals surface area contributed by atoms with Crippen LogP contribution in [0.4, 0.5) is 5.82 Å². The molecule has 7 heteroatoms. The van der Waals surface area contributed by atoms with Gasteiger partial charge in [0.15, 0.2) is 0 Å². The highest BCUT2D eigenvalue weighted by Crippen LogP contribution is 2.11. The molecule has 0 atom stereocenters. The van der Waals surface area contributed by atoms with Crippen molar-refractivity contribution in [3.05, 3.63) is 42.2 Å². The molecule has 0 bridgehead atoms. The van der Waals surface area contributed by atoms with E-state index in [0.29, 0.717) is 18.0 Å². The Bertz CT molecular complexity index is 603. The number of aromatic nitrogens is 2. The van der Waals surface area contributed by atoms with Gasteiger partial charge in [0.1, 0.15) is 17.3 Å². The van der Waals surface area contributed by atoms with Crippen molar-refractivity contribution < 1.29 is 9.21 Å². The first-order valence-corrected chi connectivity index (χ1v) is 7.28. The first-order valence-electron chi connectivity index (χ1n) is 7.28. The lowest BCUT2D eigenvalue weighted by Gasteiger charge is -2.32. The zero-order valence-corrected chi connectivity index (χ0v) is 12.5. The monoisotopic (exact) mass is 301 g/mol. The topological polar surface area (TPSA) is 74.5 Å². The van der Waals surface area contributed by atoms with Gasteiger partial charge in [-0.05, 0) is 19.2 Å². The first kappa shape index (κ1) is 14.5. The molecule has 1 saturated heterocycles. The lowest BCUT2D eigenvalue weighted by atomic mass is 10.3. The van der Waals surface area contributed by atoms with Gasteiger partial charge < -0.3 is 19.5 Å². The van der Waals surface area contributed by atoms with E-state index < -0.39 is 0 Å². The summed E-state index contributed by atoms with van der Waals surface area (Å²) < 4.78 is 5.17. The van der Waals surface area contributed by atoms with E-state index in [1.807, 2.05) is 6.07 Å². The van der Waals surface area contributed by atoms with Crippen LogP contribution in [0.25, 0.3) is 0 Å². The van der Waals surface area contributed by atoms with Crippen LogP contribution in [0, 0.1) is 0 Å². The van der Waals surface area contributed by atoms with Gasteiger partial charge in [0.2, 0.25) is 0 Å². The molecule has 22 heavy (non-hydrogen) atoms. The zero-order valence-electron chi connectivity index (χ0n) is 12.5. The highest BCUT2D eigenvalue weighted by molar-refractivity contribution is 5.91. The molecule has 2 aromatic heterocycles. The van der Waals surface area contributed by atoms with Gasteiger partial charge >= 0.3 is 0 Å². The molecule has 7 nitrogen and oxygen atoms in total. The van der Waals surface area contributed by atoms with E-state index in [0.717, 1.165) is 32.0 Å². The predicted octanol–water partition coefficient (Wildman–Crippen LogP) is 0.751. The predicted molar refractivity (Wildman–Crippen MR) is 81.6 cm³/mol. The number of hydrogen-bond acceptors (Lipinski definition) is 6. The van der Waals surface area contributed by atoms with Gasteiger partial charge in [-0.25, -0.2) is 9.97 Å². The van der Waals surface area contributed by atoms with Crippen molar-refractivity contribution in [3.8, 4) is 0 Å². The van der Waals surface area contributed by atoms with Gasteiger partial charge in [0.05, 0.1) is 25.2 Å². The Balaban J connectivity index is 1.57. The summed E-state index contributed by atoms with van der Waals surface area (Å²) in [5.74, 6) is 1.26. The zero-order chi connectivity index (χ0) is 15.4. The summed E-state index contributed by atoms with van der Waals surface area (Å²) >= 11 is 0. The molecule has 116 valence electrons. The number of carbonyl (C=O) groups excluding carboxylic acids is 1. The van der Waals surface area contributed by atoms with Crippen LogP contribution in [0.15, 0.2) is 35.2 Å². The van der Waals surface area contributed by atoms with Crippen LogP contribution in [0.2, 0.25) is 0 Å². The highest BCUT2D eigenvalue weighted by atomic mass is 16.3. The van der Waals surface area contributed by atoms with Crippen molar-refractivity contribution in [3.63, 3.8) is 0 Å². The molecule has 1 amide bonds. The number of likely N-dealkylation sites (N-methyl/N-ethyl adjacent to an activating group) is 1. The number of hydrogen-bond donors (Lipinski definition) is 1. The number of nitrogens with zero attached hydrogens (tertiary/aromatic N) is 4. The standard InChI is InChI=1S/C15H19N5O2/c1-19-4-6-20(7-5-19)14-11-16-13(10-17-14)15(21)18-9-12-3-2-8-22-12/h2-3,8,10-11H,4-7,9H2,1H3,(H,18,21). The summed E-state index contributed by atoms with van der Waals surface area (Å²) in [5, 5.41) is 2.75. The van der Waals surface area contributed by atoms with Crippen molar-refractivity contribution in [1.82, 2.24) is 20.2 Å². The van der Waals surface area contributed by atoms with Crippen molar-refractivity contribution in [2.45, 2.75) is 6.54 Å². The number of nitrogens with one attached hydrogen (secondary N) is 1. The van der Waals surface area contributed by atoms with Crippen LogP contribution < -0.4 is 10.2 Å². The fraction of sp³-hybridized carbons (Fsp3) is 0.400. The van der Waals surface area contributed by atoms with E-state index in [2.05, 4.69) is 32.1 Å². The summed E-state index contributed by atoms with van der Waals surface area (Å²) in [6, 6.07) is 3.59. The summed E-state index contributed by atoms with van der Waals surface area (Å²) in [5.41, 5.74) is 0.310. The van der Waals surface area contributed by atoms with Gasteiger partial charge in [-0.15, -0.1) is 0 Å². The molecular formula is C15H19N5O2. The van der Waals surface area contributed by atoms with Crippen LogP contribution in [-0.2, 0) is 6.54 Å². The minimum Gasteiger partial charge on any atom is -0.467 e. The molecule has 1 aliphatic rings. The molecule has 1 aliphatic heterocycles. The maximum Gasteiger partial charge on any atom is 0.271 e. The third-order valence-electron chi connectivity index (χ3n) is 3.70. The maximum absolute atomic E-state index is 12.0. The average molecular weight is 301 g/mol.